The molecule has 1 aliphatic heterocycles. The van der Waals surface area contributed by atoms with Crippen molar-refractivity contribution >= 4 is 30.4 Å². The van der Waals surface area contributed by atoms with Gasteiger partial charge in [-0.2, -0.15) is 4.57 Å². The molecule has 1 fully saturated rings. The fourth-order valence-corrected chi connectivity index (χ4v) is 6.72. The first-order valence-corrected chi connectivity index (χ1v) is 17.6. The highest BCUT2D eigenvalue weighted by Crippen LogP contribution is 2.31. The summed E-state index contributed by atoms with van der Waals surface area (Å²) in [5, 5.41) is 3.47. The maximum Gasteiger partial charge on any atom is 0.673 e. The van der Waals surface area contributed by atoms with Crippen LogP contribution in [0.15, 0.2) is 115 Å². The quantitative estimate of drug-likeness (QED) is 0.0614. The number of nitrogens with zero attached hydrogens (tertiary/aromatic N) is 2. The van der Waals surface area contributed by atoms with Crippen molar-refractivity contribution in [1.82, 2.24) is 10.2 Å². The molecule has 5 aromatic rings. The average Bonchev–Trinajstić information content (AvgIpc) is 3.16. The minimum atomic E-state index is -6.00. The number of nitrogens with one attached hydrogen (secondary N) is 1. The lowest BCUT2D eigenvalue weighted by Crippen LogP contribution is -2.55. The van der Waals surface area contributed by atoms with E-state index in [1.807, 2.05) is 0 Å². The molecule has 0 bridgehead atoms. The summed E-state index contributed by atoms with van der Waals surface area (Å²) >= 11 is 6.23. The molecule has 0 radical (unpaired) electrons. The third kappa shape index (κ3) is 10.8. The van der Waals surface area contributed by atoms with Crippen molar-refractivity contribution in [1.29, 1.82) is 0 Å². The summed E-state index contributed by atoms with van der Waals surface area (Å²) in [7, 11) is -2.78. The Morgan fingerprint density at radius 2 is 1.38 bits per heavy atom. The molecule has 53 heavy (non-hydrogen) atoms. The molecular formula is C40H42BClF4N4O3. The molecule has 1 saturated heterocycles. The fraction of sp³-hybridized carbons (Fsp3) is 0.250. The number of amides is 1. The van der Waals surface area contributed by atoms with E-state index in [-0.39, 0.29) is 18.1 Å². The smallest absolute Gasteiger partial charge is 0.496 e. The van der Waals surface area contributed by atoms with E-state index in [0.29, 0.717) is 22.0 Å². The number of carbonyl (C=O) groups excluding carboxylic acids is 1. The molecule has 4 aromatic carbocycles. The van der Waals surface area contributed by atoms with Gasteiger partial charge in [-0.1, -0.05) is 78.3 Å². The topological polar surface area (TPSA) is 80.7 Å². The molecule has 2 unspecified atom stereocenters. The fourth-order valence-electron chi connectivity index (χ4n) is 6.56. The highest BCUT2D eigenvalue weighted by atomic mass is 35.5. The molecule has 1 aliphatic rings. The molecular weight excluding hydrogens is 707 g/mol. The van der Waals surface area contributed by atoms with Crippen LogP contribution in [0.3, 0.4) is 0 Å². The van der Waals surface area contributed by atoms with Gasteiger partial charge >= 0.3 is 7.25 Å². The number of pyridine rings is 1. The van der Waals surface area contributed by atoms with Crippen LogP contribution < -0.4 is 20.4 Å². The van der Waals surface area contributed by atoms with Gasteiger partial charge in [0.25, 0.3) is 5.91 Å². The number of benzene rings is 4. The first-order chi connectivity index (χ1) is 25.4. The van der Waals surface area contributed by atoms with Gasteiger partial charge in [0, 0.05) is 62.5 Å². The van der Waals surface area contributed by atoms with Crippen LogP contribution in [0.4, 0.5) is 23.0 Å². The van der Waals surface area contributed by atoms with E-state index >= 15 is 0 Å². The standard InChI is InChI=1S/C40H41ClN4O3.BF4/c1-47-38-26-34(42)33(41)25-32(38)40(46)43-35-19-22-44(27-39(35)48-2)20-12-21-45-36(29-15-8-4-9-16-29)23-31(28-13-6-3-7-14-28)24-37(45)30-17-10-5-11-18-30;2-1(3,4)5/h3-11,13-18,23-26,35,39H,12,19-22,27H2,1-2H3,(H2-,42,43,46);/q;-1/p+1. The summed E-state index contributed by atoms with van der Waals surface area (Å²) in [6, 6.07) is 39.5. The molecule has 2 atom stereocenters. The van der Waals surface area contributed by atoms with Crippen LogP contribution in [0.25, 0.3) is 33.6 Å². The molecule has 6 rings (SSSR count). The number of methoxy groups -OCH3 is 2. The van der Waals surface area contributed by atoms with Crippen molar-refractivity contribution in [2.75, 3.05) is 39.6 Å². The van der Waals surface area contributed by atoms with Gasteiger partial charge in [-0.3, -0.25) is 4.79 Å². The van der Waals surface area contributed by atoms with Crippen molar-refractivity contribution in [3.63, 3.8) is 0 Å². The maximum atomic E-state index is 13.3. The van der Waals surface area contributed by atoms with Gasteiger partial charge in [0.1, 0.15) is 5.75 Å². The van der Waals surface area contributed by atoms with E-state index in [2.05, 4.69) is 118 Å². The number of rotatable bonds is 11. The number of halogens is 5. The van der Waals surface area contributed by atoms with Gasteiger partial charge in [0.2, 0.25) is 11.4 Å². The number of aromatic nitrogens is 1. The van der Waals surface area contributed by atoms with Gasteiger partial charge in [-0.25, -0.2) is 0 Å². The molecule has 1 amide bonds. The number of carbonyl (C=O) groups is 1. The lowest BCUT2D eigenvalue weighted by atomic mass is 9.98. The molecule has 0 saturated carbocycles. The SMILES string of the molecule is COc1cc(N)c(Cl)cc1C(=O)NC1CCN(CCC[n+]2c(-c3ccccc3)cc(-c3ccccc3)cc2-c2ccccc2)CC1OC.F[B-](F)(F)F. The van der Waals surface area contributed by atoms with Crippen molar-refractivity contribution in [3.8, 4) is 39.4 Å². The second-order valence-electron chi connectivity index (χ2n) is 12.6. The Bertz CT molecular complexity index is 1890. The number of hydrogen-bond acceptors (Lipinski definition) is 5. The van der Waals surface area contributed by atoms with Crippen LogP contribution in [0, 0.1) is 0 Å². The Balaban J connectivity index is 0.00000101. The third-order valence-electron chi connectivity index (χ3n) is 9.09. The maximum absolute atomic E-state index is 13.3. The Morgan fingerprint density at radius 1 is 0.849 bits per heavy atom. The zero-order valence-electron chi connectivity index (χ0n) is 29.5. The van der Waals surface area contributed by atoms with Crippen molar-refractivity contribution in [2.24, 2.45) is 0 Å². The summed E-state index contributed by atoms with van der Waals surface area (Å²) in [6.07, 6.45) is 1.55. The first-order valence-electron chi connectivity index (χ1n) is 17.3. The zero-order valence-corrected chi connectivity index (χ0v) is 30.3. The van der Waals surface area contributed by atoms with Crippen molar-refractivity contribution in [3.05, 3.63) is 126 Å². The van der Waals surface area contributed by atoms with Gasteiger partial charge in [0.15, 0.2) is 6.54 Å². The van der Waals surface area contributed by atoms with Crippen molar-refractivity contribution < 1.29 is 36.1 Å². The third-order valence-corrected chi connectivity index (χ3v) is 9.42. The van der Waals surface area contributed by atoms with E-state index in [4.69, 9.17) is 26.8 Å². The second kappa shape index (κ2) is 18.2. The Hall–Kier alpha value is -4.91. The van der Waals surface area contributed by atoms with Gasteiger partial charge in [-0.05, 0) is 47.9 Å². The Kier molecular flexibility index (Phi) is 13.5. The molecule has 1 aromatic heterocycles. The first kappa shape index (κ1) is 39.3. The average molecular weight is 749 g/mol. The summed E-state index contributed by atoms with van der Waals surface area (Å²) in [4.78, 5) is 15.7. The summed E-state index contributed by atoms with van der Waals surface area (Å²) in [6.45, 7) is 3.31. The van der Waals surface area contributed by atoms with Crippen LogP contribution in [-0.2, 0) is 11.3 Å². The molecule has 3 N–H and O–H groups in total. The molecule has 7 nitrogen and oxygen atoms in total. The number of piperidine rings is 1. The van der Waals surface area contributed by atoms with E-state index < -0.39 is 7.25 Å². The highest BCUT2D eigenvalue weighted by Gasteiger charge is 2.32. The van der Waals surface area contributed by atoms with Gasteiger partial charge in [-0.15, -0.1) is 0 Å². The predicted molar refractivity (Wildman–Crippen MR) is 203 cm³/mol. The van der Waals surface area contributed by atoms with E-state index in [0.717, 1.165) is 39.0 Å². The second-order valence-corrected chi connectivity index (χ2v) is 13.0. The minimum absolute atomic E-state index is 0.144. The number of likely N-dealkylation sites (tertiary alicyclic amines) is 1. The summed E-state index contributed by atoms with van der Waals surface area (Å²) < 4.78 is 52.8. The molecule has 0 spiro atoms. The Labute approximate surface area is 312 Å². The number of hydrogen-bond donors (Lipinski definition) is 2. The summed E-state index contributed by atoms with van der Waals surface area (Å²) in [5.41, 5.74) is 13.8. The predicted octanol–water partition coefficient (Wildman–Crippen LogP) is 8.43. The van der Waals surface area contributed by atoms with Crippen LogP contribution in [0.2, 0.25) is 5.02 Å². The molecule has 13 heteroatoms. The minimum Gasteiger partial charge on any atom is -0.496 e. The normalized spacial score (nSPS) is 16.0. The molecule has 2 heterocycles. The van der Waals surface area contributed by atoms with Crippen LogP contribution in [0.5, 0.6) is 5.75 Å². The van der Waals surface area contributed by atoms with Crippen LogP contribution >= 0.6 is 11.6 Å². The number of anilines is 1. The number of nitrogens with two attached hydrogens (primary N) is 1. The van der Waals surface area contributed by atoms with Crippen LogP contribution in [-0.4, -0.2) is 64.1 Å². The lowest BCUT2D eigenvalue weighted by molar-refractivity contribution is -0.675. The van der Waals surface area contributed by atoms with E-state index in [1.165, 1.54) is 40.8 Å². The molecule has 0 aliphatic carbocycles. The number of ether oxygens (including phenoxy) is 2. The van der Waals surface area contributed by atoms with Gasteiger partial charge < -0.3 is 42.7 Å². The number of nitrogen functional groups attached to an aromatic ring is 1. The summed E-state index contributed by atoms with van der Waals surface area (Å²) in [5.74, 6) is 0.131. The zero-order chi connectivity index (χ0) is 38.0. The molecule has 278 valence electrons. The lowest BCUT2D eigenvalue weighted by Gasteiger charge is -2.38. The van der Waals surface area contributed by atoms with Crippen molar-refractivity contribution in [2.45, 2.75) is 31.5 Å². The van der Waals surface area contributed by atoms with E-state index in [9.17, 15) is 22.1 Å². The Morgan fingerprint density at radius 3 is 1.89 bits per heavy atom. The van der Waals surface area contributed by atoms with E-state index in [1.54, 1.807) is 19.2 Å². The van der Waals surface area contributed by atoms with Crippen LogP contribution in [0.1, 0.15) is 23.2 Å². The highest BCUT2D eigenvalue weighted by molar-refractivity contribution is 6.50. The van der Waals surface area contributed by atoms with Gasteiger partial charge in [0.05, 0.1) is 35.5 Å². The monoisotopic (exact) mass is 748 g/mol. The largest absolute Gasteiger partial charge is 0.673 e.